The molecule has 1 heterocycles. The molecule has 0 aliphatic heterocycles. The number of nitrogens with zero attached hydrogens (tertiary/aromatic N) is 4. The summed E-state index contributed by atoms with van der Waals surface area (Å²) in [5, 5.41) is 14.0. The van der Waals surface area contributed by atoms with E-state index in [0.29, 0.717) is 0 Å². The summed E-state index contributed by atoms with van der Waals surface area (Å²) in [4.78, 5) is 13.0. The minimum Gasteiger partial charge on any atom is -0.324 e. The lowest BCUT2D eigenvalue weighted by Crippen LogP contribution is -2.16. The Balaban J connectivity index is 1.63. The number of carbonyl (C=O) groups excluding carboxylic acids is 1. The molecule has 0 unspecified atom stereocenters. The fourth-order valence-corrected chi connectivity index (χ4v) is 2.45. The lowest BCUT2D eigenvalue weighted by Gasteiger charge is -2.07. The zero-order chi connectivity index (χ0) is 20.3. The minimum absolute atomic E-state index is 0.00439. The largest absolute Gasteiger partial charge is 0.416 e. The van der Waals surface area contributed by atoms with Crippen LogP contribution in [0.3, 0.4) is 0 Å². The van der Waals surface area contributed by atoms with Crippen molar-refractivity contribution >= 4 is 23.2 Å². The van der Waals surface area contributed by atoms with Crippen LogP contribution in [0.15, 0.2) is 42.5 Å². The number of anilines is 1. The number of hydrogen-bond acceptors (Lipinski definition) is 4. The summed E-state index contributed by atoms with van der Waals surface area (Å²) >= 11 is 5.64. The Kier molecular flexibility index (Phi) is 5.59. The number of aryl methyl sites for hydroxylation is 1. The number of alkyl halides is 3. The molecule has 11 heteroatoms. The first kappa shape index (κ1) is 19.7. The van der Waals surface area contributed by atoms with Crippen molar-refractivity contribution in [3.05, 3.63) is 58.9 Å². The van der Waals surface area contributed by atoms with Gasteiger partial charge in [0, 0.05) is 17.0 Å². The zero-order valence-corrected chi connectivity index (χ0v) is 14.8. The van der Waals surface area contributed by atoms with Gasteiger partial charge in [0.1, 0.15) is 5.82 Å². The molecule has 6 nitrogen and oxygen atoms in total. The topological polar surface area (TPSA) is 72.7 Å². The van der Waals surface area contributed by atoms with Crippen molar-refractivity contribution < 1.29 is 22.4 Å². The number of nitrogens with one attached hydrogen (secondary N) is 1. The Labute approximate surface area is 161 Å². The third-order valence-corrected chi connectivity index (χ3v) is 3.88. The fraction of sp³-hybridized carbons (Fsp3) is 0.176. The predicted molar refractivity (Wildman–Crippen MR) is 92.9 cm³/mol. The summed E-state index contributed by atoms with van der Waals surface area (Å²) in [5.74, 6) is -1.18. The second-order valence-corrected chi connectivity index (χ2v) is 6.15. The van der Waals surface area contributed by atoms with E-state index in [1.165, 1.54) is 24.3 Å². The van der Waals surface area contributed by atoms with Crippen molar-refractivity contribution in [2.24, 2.45) is 0 Å². The fourth-order valence-electron chi connectivity index (χ4n) is 2.29. The summed E-state index contributed by atoms with van der Waals surface area (Å²) in [7, 11) is 0. The molecule has 0 saturated heterocycles. The Bertz CT molecular complexity index is 1010. The second-order valence-electron chi connectivity index (χ2n) is 5.71. The van der Waals surface area contributed by atoms with E-state index in [2.05, 4.69) is 20.7 Å². The Morgan fingerprint density at radius 2 is 1.96 bits per heavy atom. The van der Waals surface area contributed by atoms with Gasteiger partial charge in [0.05, 0.1) is 17.8 Å². The van der Waals surface area contributed by atoms with Crippen LogP contribution in [-0.2, 0) is 17.5 Å². The molecule has 0 aliphatic rings. The number of aromatic nitrogens is 4. The van der Waals surface area contributed by atoms with Crippen molar-refractivity contribution in [3.8, 4) is 11.4 Å². The molecular weight excluding hydrogens is 402 g/mol. The smallest absolute Gasteiger partial charge is 0.324 e. The molecule has 0 atom stereocenters. The van der Waals surface area contributed by atoms with Crippen LogP contribution in [0.4, 0.5) is 23.2 Å². The number of halogens is 5. The molecule has 1 aromatic heterocycles. The lowest BCUT2D eigenvalue weighted by atomic mass is 10.1. The van der Waals surface area contributed by atoms with E-state index >= 15 is 0 Å². The van der Waals surface area contributed by atoms with Crippen molar-refractivity contribution in [2.45, 2.75) is 19.1 Å². The van der Waals surface area contributed by atoms with Crippen molar-refractivity contribution in [1.82, 2.24) is 20.2 Å². The normalized spacial score (nSPS) is 11.5. The van der Waals surface area contributed by atoms with Gasteiger partial charge in [-0.2, -0.15) is 18.0 Å². The first-order valence-corrected chi connectivity index (χ1v) is 8.30. The second kappa shape index (κ2) is 7.93. The highest BCUT2D eigenvalue weighted by Crippen LogP contribution is 2.31. The van der Waals surface area contributed by atoms with Crippen LogP contribution in [0, 0.1) is 5.82 Å². The van der Waals surface area contributed by atoms with E-state index < -0.39 is 23.5 Å². The SMILES string of the molecule is O=C(CCn1nnc(-c2cccc(C(F)(F)F)c2)n1)Nc1ccc(Cl)cc1F. The van der Waals surface area contributed by atoms with E-state index in [-0.39, 0.29) is 35.1 Å². The molecule has 3 aromatic rings. The van der Waals surface area contributed by atoms with E-state index in [4.69, 9.17) is 11.6 Å². The highest BCUT2D eigenvalue weighted by Gasteiger charge is 2.30. The molecule has 0 saturated carbocycles. The number of carbonyl (C=O) groups is 1. The number of hydrogen-bond donors (Lipinski definition) is 1. The van der Waals surface area contributed by atoms with Crippen LogP contribution in [0.2, 0.25) is 5.02 Å². The number of benzene rings is 2. The Morgan fingerprint density at radius 3 is 2.68 bits per heavy atom. The predicted octanol–water partition coefficient (Wildman–Crippen LogP) is 4.18. The maximum atomic E-state index is 13.7. The Hall–Kier alpha value is -3.01. The van der Waals surface area contributed by atoms with E-state index in [9.17, 15) is 22.4 Å². The van der Waals surface area contributed by atoms with E-state index in [1.54, 1.807) is 0 Å². The summed E-state index contributed by atoms with van der Waals surface area (Å²) in [6.45, 7) is 0.00695. The van der Waals surface area contributed by atoms with Crippen molar-refractivity contribution in [1.29, 1.82) is 0 Å². The highest BCUT2D eigenvalue weighted by molar-refractivity contribution is 6.30. The molecular formula is C17H12ClF4N5O. The van der Waals surface area contributed by atoms with Crippen molar-refractivity contribution in [3.63, 3.8) is 0 Å². The molecule has 1 N–H and O–H groups in total. The van der Waals surface area contributed by atoms with Gasteiger partial charge < -0.3 is 5.32 Å². The molecule has 3 rings (SSSR count). The number of rotatable bonds is 5. The highest BCUT2D eigenvalue weighted by atomic mass is 35.5. The zero-order valence-electron chi connectivity index (χ0n) is 14.0. The maximum Gasteiger partial charge on any atom is 0.416 e. The van der Waals surface area contributed by atoms with Gasteiger partial charge in [0.15, 0.2) is 0 Å². The maximum absolute atomic E-state index is 13.7. The first-order valence-electron chi connectivity index (χ1n) is 7.93. The van der Waals surface area contributed by atoms with Gasteiger partial charge in [-0.05, 0) is 35.5 Å². The molecule has 0 aliphatic carbocycles. The van der Waals surface area contributed by atoms with Crippen LogP contribution >= 0.6 is 11.6 Å². The average molecular weight is 414 g/mol. The quantitative estimate of drug-likeness (QED) is 0.637. The molecule has 28 heavy (non-hydrogen) atoms. The standard InChI is InChI=1S/C17H12ClF4N5O/c18-12-4-5-14(13(19)9-12)23-15(28)6-7-27-25-16(24-26-27)10-2-1-3-11(8-10)17(20,21)22/h1-5,8-9H,6-7H2,(H,23,28). The number of tetrazole rings is 1. The van der Waals surface area contributed by atoms with Gasteiger partial charge in [-0.15, -0.1) is 10.2 Å². The van der Waals surface area contributed by atoms with Crippen molar-refractivity contribution in [2.75, 3.05) is 5.32 Å². The van der Waals surface area contributed by atoms with Crippen LogP contribution in [-0.4, -0.2) is 26.1 Å². The van der Waals surface area contributed by atoms with Gasteiger partial charge >= 0.3 is 6.18 Å². The summed E-state index contributed by atoms with van der Waals surface area (Å²) in [6.07, 6.45) is -4.58. The van der Waals surface area contributed by atoms with Crippen LogP contribution in [0.1, 0.15) is 12.0 Å². The van der Waals surface area contributed by atoms with Gasteiger partial charge in [0.25, 0.3) is 0 Å². The Morgan fingerprint density at radius 1 is 1.18 bits per heavy atom. The minimum atomic E-state index is -4.49. The molecule has 146 valence electrons. The third kappa shape index (κ3) is 4.83. The number of amides is 1. The molecule has 0 fully saturated rings. The average Bonchev–Trinajstić information content (AvgIpc) is 3.11. The molecule has 0 radical (unpaired) electrons. The lowest BCUT2D eigenvalue weighted by molar-refractivity contribution is -0.137. The molecule has 1 amide bonds. The van der Waals surface area contributed by atoms with Crippen LogP contribution in [0.25, 0.3) is 11.4 Å². The van der Waals surface area contributed by atoms with Gasteiger partial charge in [-0.25, -0.2) is 4.39 Å². The molecule has 0 spiro atoms. The first-order chi connectivity index (χ1) is 13.2. The third-order valence-electron chi connectivity index (χ3n) is 3.65. The van der Waals surface area contributed by atoms with E-state index in [0.717, 1.165) is 23.0 Å². The summed E-state index contributed by atoms with van der Waals surface area (Å²) < 4.78 is 52.0. The summed E-state index contributed by atoms with van der Waals surface area (Å²) in [5.41, 5.74) is -0.704. The van der Waals surface area contributed by atoms with Gasteiger partial charge in [-0.3, -0.25) is 4.79 Å². The van der Waals surface area contributed by atoms with E-state index in [1.807, 2.05) is 0 Å². The van der Waals surface area contributed by atoms with Gasteiger partial charge in [0.2, 0.25) is 11.7 Å². The molecule has 0 bridgehead atoms. The van der Waals surface area contributed by atoms with Crippen LogP contribution < -0.4 is 5.32 Å². The van der Waals surface area contributed by atoms with Gasteiger partial charge in [-0.1, -0.05) is 23.7 Å². The summed E-state index contributed by atoms with van der Waals surface area (Å²) in [6, 6.07) is 8.35. The molecule has 2 aromatic carbocycles. The monoisotopic (exact) mass is 413 g/mol. The van der Waals surface area contributed by atoms with Crippen LogP contribution in [0.5, 0.6) is 0 Å².